The molecule has 1 aliphatic heterocycles. The summed E-state index contributed by atoms with van der Waals surface area (Å²) in [5.41, 5.74) is 0. The van der Waals surface area contributed by atoms with Crippen molar-refractivity contribution >= 4 is 39.1 Å². The average molecular weight is 371 g/mol. The molecule has 21 heavy (non-hydrogen) atoms. The number of fused-ring (bicyclic) bond motifs is 1. The van der Waals surface area contributed by atoms with Crippen LogP contribution in [0.5, 0.6) is 0 Å². The fourth-order valence-corrected chi connectivity index (χ4v) is 4.93. The largest absolute Gasteiger partial charge is 0.284 e. The van der Waals surface area contributed by atoms with Crippen LogP contribution in [0.25, 0.3) is 0 Å². The average Bonchev–Trinajstić information content (AvgIpc) is 2.97. The summed E-state index contributed by atoms with van der Waals surface area (Å²) in [6.07, 6.45) is 3.92. The van der Waals surface area contributed by atoms with Crippen LogP contribution in [-0.2, 0) is 16.1 Å². The molecular formula is C15H19BrN2O2S. The molecule has 0 aromatic carbocycles. The molecule has 0 radical (unpaired) electrons. The summed E-state index contributed by atoms with van der Waals surface area (Å²) in [6, 6.07) is 4.09. The van der Waals surface area contributed by atoms with Crippen LogP contribution in [0, 0.1) is 11.8 Å². The van der Waals surface area contributed by atoms with Crippen molar-refractivity contribution in [3.8, 4) is 0 Å². The van der Waals surface area contributed by atoms with Crippen molar-refractivity contribution in [3.63, 3.8) is 0 Å². The first kappa shape index (κ1) is 15.2. The molecule has 4 nitrogen and oxygen atoms in total. The van der Waals surface area contributed by atoms with E-state index in [1.165, 1.54) is 9.78 Å². The maximum absolute atomic E-state index is 12.4. The SMILES string of the molecule is CN(Cc1ccc(Br)s1)CN1C(=O)[C@@H]2CCCC[C@H]2C1=O. The third-order valence-electron chi connectivity index (χ3n) is 4.37. The number of halogens is 1. The third-order valence-corrected chi connectivity index (χ3v) is 5.98. The van der Waals surface area contributed by atoms with Gasteiger partial charge in [0.2, 0.25) is 11.8 Å². The minimum absolute atomic E-state index is 0.0453. The Balaban J connectivity index is 1.64. The minimum Gasteiger partial charge on any atom is -0.284 e. The normalized spacial score (nSPS) is 25.8. The Morgan fingerprint density at radius 1 is 1.24 bits per heavy atom. The Hall–Kier alpha value is -0.720. The lowest BCUT2D eigenvalue weighted by molar-refractivity contribution is -0.142. The van der Waals surface area contributed by atoms with E-state index in [1.54, 1.807) is 11.3 Å². The van der Waals surface area contributed by atoms with Gasteiger partial charge in [-0.1, -0.05) is 12.8 Å². The van der Waals surface area contributed by atoms with Gasteiger partial charge in [-0.3, -0.25) is 19.4 Å². The number of rotatable bonds is 4. The highest BCUT2D eigenvalue weighted by Crippen LogP contribution is 2.38. The number of thiophene rings is 1. The number of carbonyl (C=O) groups is 2. The Morgan fingerprint density at radius 3 is 2.38 bits per heavy atom. The molecule has 2 atom stereocenters. The van der Waals surface area contributed by atoms with Crippen molar-refractivity contribution in [1.82, 2.24) is 9.80 Å². The summed E-state index contributed by atoms with van der Waals surface area (Å²) in [5.74, 6) is -0.00103. The van der Waals surface area contributed by atoms with Gasteiger partial charge < -0.3 is 0 Å². The predicted octanol–water partition coefficient (Wildman–Crippen LogP) is 3.08. The number of hydrogen-bond donors (Lipinski definition) is 0. The van der Waals surface area contributed by atoms with Gasteiger partial charge in [0, 0.05) is 11.4 Å². The molecular weight excluding hydrogens is 352 g/mol. The van der Waals surface area contributed by atoms with Gasteiger partial charge in [0.1, 0.15) is 0 Å². The topological polar surface area (TPSA) is 40.6 Å². The molecule has 2 heterocycles. The highest BCUT2D eigenvalue weighted by atomic mass is 79.9. The summed E-state index contributed by atoms with van der Waals surface area (Å²) in [4.78, 5) is 29.6. The molecule has 1 aromatic rings. The second kappa shape index (κ2) is 6.18. The van der Waals surface area contributed by atoms with Crippen LogP contribution in [0.1, 0.15) is 30.6 Å². The second-order valence-electron chi connectivity index (χ2n) is 5.96. The van der Waals surface area contributed by atoms with Crippen molar-refractivity contribution in [2.45, 2.75) is 32.2 Å². The molecule has 2 aliphatic rings. The van der Waals surface area contributed by atoms with E-state index in [0.29, 0.717) is 6.67 Å². The van der Waals surface area contributed by atoms with Gasteiger partial charge in [-0.15, -0.1) is 11.3 Å². The van der Waals surface area contributed by atoms with E-state index in [2.05, 4.69) is 22.0 Å². The molecule has 1 saturated carbocycles. The van der Waals surface area contributed by atoms with E-state index >= 15 is 0 Å². The molecule has 0 spiro atoms. The van der Waals surface area contributed by atoms with E-state index < -0.39 is 0 Å². The number of hydrogen-bond acceptors (Lipinski definition) is 4. The van der Waals surface area contributed by atoms with Gasteiger partial charge in [0.25, 0.3) is 0 Å². The Morgan fingerprint density at radius 2 is 1.86 bits per heavy atom. The van der Waals surface area contributed by atoms with Gasteiger partial charge in [-0.2, -0.15) is 0 Å². The lowest BCUT2D eigenvalue weighted by Gasteiger charge is -2.22. The summed E-state index contributed by atoms with van der Waals surface area (Å²) in [7, 11) is 1.95. The monoisotopic (exact) mass is 370 g/mol. The van der Waals surface area contributed by atoms with Crippen LogP contribution < -0.4 is 0 Å². The van der Waals surface area contributed by atoms with Crippen LogP contribution >= 0.6 is 27.3 Å². The second-order valence-corrected chi connectivity index (χ2v) is 8.51. The number of amides is 2. The van der Waals surface area contributed by atoms with Crippen LogP contribution in [-0.4, -0.2) is 35.3 Å². The van der Waals surface area contributed by atoms with E-state index in [1.807, 2.05) is 18.0 Å². The Bertz CT molecular complexity index is 536. The summed E-state index contributed by atoms with van der Waals surface area (Å²) in [5, 5.41) is 0. The highest BCUT2D eigenvalue weighted by molar-refractivity contribution is 9.11. The number of likely N-dealkylation sites (tertiary alicyclic amines) is 1. The lowest BCUT2D eigenvalue weighted by Crippen LogP contribution is -2.39. The van der Waals surface area contributed by atoms with Gasteiger partial charge in [0.05, 0.1) is 22.3 Å². The summed E-state index contributed by atoms with van der Waals surface area (Å²) in [6.45, 7) is 1.16. The van der Waals surface area contributed by atoms with Crippen molar-refractivity contribution in [3.05, 3.63) is 20.8 Å². The third kappa shape index (κ3) is 3.07. The van der Waals surface area contributed by atoms with Crippen molar-refractivity contribution in [2.75, 3.05) is 13.7 Å². The molecule has 0 unspecified atom stereocenters. The standard InChI is InChI=1S/C15H19BrN2O2S/c1-17(8-10-6-7-13(16)21-10)9-18-14(19)11-4-2-3-5-12(11)15(18)20/h6-7,11-12H,2-5,8-9H2,1H3/t11-,12-/m1/s1. The molecule has 6 heteroatoms. The lowest BCUT2D eigenvalue weighted by atomic mass is 9.81. The maximum atomic E-state index is 12.4. The van der Waals surface area contributed by atoms with Crippen molar-refractivity contribution < 1.29 is 9.59 Å². The predicted molar refractivity (Wildman–Crippen MR) is 85.7 cm³/mol. The number of imide groups is 1. The molecule has 2 fully saturated rings. The minimum atomic E-state index is -0.0458. The van der Waals surface area contributed by atoms with Crippen LogP contribution in [0.15, 0.2) is 15.9 Å². The highest BCUT2D eigenvalue weighted by Gasteiger charge is 2.48. The molecule has 2 amide bonds. The fraction of sp³-hybridized carbons (Fsp3) is 0.600. The summed E-state index contributed by atoms with van der Waals surface area (Å²) < 4.78 is 1.10. The number of nitrogens with zero attached hydrogens (tertiary/aromatic N) is 2. The van der Waals surface area contributed by atoms with E-state index in [9.17, 15) is 9.59 Å². The van der Waals surface area contributed by atoms with Crippen molar-refractivity contribution in [1.29, 1.82) is 0 Å². The fourth-order valence-electron chi connectivity index (χ4n) is 3.36. The Labute approximate surface area is 137 Å². The van der Waals surface area contributed by atoms with Crippen molar-refractivity contribution in [2.24, 2.45) is 11.8 Å². The molecule has 1 saturated heterocycles. The maximum Gasteiger partial charge on any atom is 0.234 e. The Kier molecular flexibility index (Phi) is 4.47. The van der Waals surface area contributed by atoms with Gasteiger partial charge in [-0.05, 0) is 48.0 Å². The van der Waals surface area contributed by atoms with E-state index in [-0.39, 0.29) is 23.7 Å². The first-order valence-electron chi connectivity index (χ1n) is 7.34. The molecule has 114 valence electrons. The van der Waals surface area contributed by atoms with E-state index in [4.69, 9.17) is 0 Å². The molecule has 1 aromatic heterocycles. The zero-order valence-corrected chi connectivity index (χ0v) is 14.5. The molecule has 3 rings (SSSR count). The zero-order chi connectivity index (χ0) is 15.0. The molecule has 1 aliphatic carbocycles. The number of carbonyl (C=O) groups excluding carboxylic acids is 2. The first-order chi connectivity index (χ1) is 10.1. The quantitative estimate of drug-likeness (QED) is 0.764. The molecule has 0 bridgehead atoms. The summed E-state index contributed by atoms with van der Waals surface area (Å²) >= 11 is 5.13. The molecule has 0 N–H and O–H groups in total. The van der Waals surface area contributed by atoms with Gasteiger partial charge >= 0.3 is 0 Å². The van der Waals surface area contributed by atoms with Gasteiger partial charge in [0.15, 0.2) is 0 Å². The first-order valence-corrected chi connectivity index (χ1v) is 8.95. The van der Waals surface area contributed by atoms with Gasteiger partial charge in [-0.25, -0.2) is 0 Å². The van der Waals surface area contributed by atoms with Crippen LogP contribution in [0.3, 0.4) is 0 Å². The zero-order valence-electron chi connectivity index (χ0n) is 12.0. The van der Waals surface area contributed by atoms with Crippen LogP contribution in [0.4, 0.5) is 0 Å². The van der Waals surface area contributed by atoms with E-state index in [0.717, 1.165) is 36.0 Å². The van der Waals surface area contributed by atoms with Crippen LogP contribution in [0.2, 0.25) is 0 Å². The smallest absolute Gasteiger partial charge is 0.234 e.